The summed E-state index contributed by atoms with van der Waals surface area (Å²) in [5.74, 6) is -8.16. The summed E-state index contributed by atoms with van der Waals surface area (Å²) in [6.45, 7) is 0. The molecule has 0 radical (unpaired) electrons. The Morgan fingerprint density at radius 3 is 1.08 bits per heavy atom. The summed E-state index contributed by atoms with van der Waals surface area (Å²) in [7, 11) is 0. The van der Waals surface area contributed by atoms with Crippen molar-refractivity contribution < 1.29 is 27.2 Å². The van der Waals surface area contributed by atoms with Gasteiger partial charge in [-0.1, -0.05) is 56.1 Å². The highest BCUT2D eigenvalue weighted by atomic mass is 79.9. The van der Waals surface area contributed by atoms with E-state index in [9.17, 15) is 27.2 Å². The van der Waals surface area contributed by atoms with Gasteiger partial charge in [0, 0.05) is 55.9 Å². The number of rotatable bonds is 6. The summed E-state index contributed by atoms with van der Waals surface area (Å²) in [5.41, 5.74) is 0.870. The number of ketones is 2. The van der Waals surface area contributed by atoms with Crippen LogP contribution < -0.4 is 0 Å². The summed E-state index contributed by atoms with van der Waals surface area (Å²) in [4.78, 5) is 27.8. The molecule has 1 aliphatic rings. The first-order chi connectivity index (χ1) is 18.1. The predicted molar refractivity (Wildman–Crippen MR) is 142 cm³/mol. The maximum absolute atomic E-state index is 14.3. The summed E-state index contributed by atoms with van der Waals surface area (Å²) in [6, 6.07) is 18.8. The van der Waals surface area contributed by atoms with Crippen LogP contribution >= 0.6 is 31.9 Å². The normalized spacial score (nSPS) is 20.6. The van der Waals surface area contributed by atoms with Crippen molar-refractivity contribution in [1.29, 1.82) is 0 Å². The zero-order valence-corrected chi connectivity index (χ0v) is 22.6. The van der Waals surface area contributed by atoms with Gasteiger partial charge in [-0.15, -0.1) is 0 Å². The van der Waals surface area contributed by atoms with Crippen LogP contribution in [0.25, 0.3) is 0 Å². The highest BCUT2D eigenvalue weighted by Gasteiger charge is 2.58. The molecule has 0 aliphatic heterocycles. The molecule has 5 rings (SSSR count). The van der Waals surface area contributed by atoms with Gasteiger partial charge < -0.3 is 0 Å². The van der Waals surface area contributed by atoms with E-state index in [0.29, 0.717) is 23.3 Å². The average Bonchev–Trinajstić information content (AvgIpc) is 2.83. The Kier molecular flexibility index (Phi) is 7.38. The number of benzene rings is 4. The van der Waals surface area contributed by atoms with Gasteiger partial charge in [-0.05, 0) is 59.7 Å². The Morgan fingerprint density at radius 1 is 0.500 bits per heavy atom. The summed E-state index contributed by atoms with van der Waals surface area (Å²) < 4.78 is 58.8. The van der Waals surface area contributed by atoms with Crippen molar-refractivity contribution in [3.8, 4) is 0 Å². The molecule has 192 valence electrons. The van der Waals surface area contributed by atoms with Crippen LogP contribution in [0.1, 0.15) is 43.7 Å². The van der Waals surface area contributed by atoms with Crippen LogP contribution in [0.4, 0.5) is 17.6 Å². The van der Waals surface area contributed by atoms with E-state index in [-0.39, 0.29) is 11.1 Å². The fraction of sp³-hybridized carbons (Fsp3) is 0.133. The predicted octanol–water partition coefficient (Wildman–Crippen LogP) is 8.65. The highest BCUT2D eigenvalue weighted by Crippen LogP contribution is 2.60. The minimum Gasteiger partial charge on any atom is -0.294 e. The van der Waals surface area contributed by atoms with Crippen molar-refractivity contribution in [1.82, 2.24) is 0 Å². The highest BCUT2D eigenvalue weighted by molar-refractivity contribution is 9.10. The molecule has 8 heteroatoms. The average molecular weight is 646 g/mol. The minimum atomic E-state index is -1.04. The van der Waals surface area contributed by atoms with Crippen molar-refractivity contribution >= 4 is 43.4 Å². The molecule has 0 bridgehead atoms. The van der Waals surface area contributed by atoms with Crippen LogP contribution in [-0.4, -0.2) is 11.6 Å². The maximum Gasteiger partial charge on any atom is 0.167 e. The third-order valence-corrected chi connectivity index (χ3v) is 8.01. The van der Waals surface area contributed by atoms with E-state index in [2.05, 4.69) is 31.9 Å². The van der Waals surface area contributed by atoms with E-state index >= 15 is 0 Å². The molecule has 0 heterocycles. The van der Waals surface area contributed by atoms with E-state index in [0.717, 1.165) is 33.2 Å². The van der Waals surface area contributed by atoms with Gasteiger partial charge >= 0.3 is 0 Å². The third-order valence-electron chi connectivity index (χ3n) is 6.95. The van der Waals surface area contributed by atoms with E-state index in [1.54, 1.807) is 48.5 Å². The maximum atomic E-state index is 14.3. The molecule has 0 saturated heterocycles. The largest absolute Gasteiger partial charge is 0.294 e. The first-order valence-corrected chi connectivity index (χ1v) is 13.2. The number of carbonyl (C=O) groups is 2. The van der Waals surface area contributed by atoms with Crippen LogP contribution in [-0.2, 0) is 0 Å². The molecule has 0 amide bonds. The molecule has 0 N–H and O–H groups in total. The van der Waals surface area contributed by atoms with Gasteiger partial charge in [-0.2, -0.15) is 0 Å². The number of hydrogen-bond acceptors (Lipinski definition) is 2. The van der Waals surface area contributed by atoms with Crippen molar-refractivity contribution in [3.63, 3.8) is 0 Å². The van der Waals surface area contributed by atoms with Crippen molar-refractivity contribution in [2.75, 3.05) is 0 Å². The lowest BCUT2D eigenvalue weighted by Crippen LogP contribution is -2.51. The quantitative estimate of drug-likeness (QED) is 0.155. The summed E-state index contributed by atoms with van der Waals surface area (Å²) >= 11 is 6.66. The zero-order chi connectivity index (χ0) is 27.1. The Bertz CT molecular complexity index is 1380. The zero-order valence-electron chi connectivity index (χ0n) is 19.5. The second-order valence-electron chi connectivity index (χ2n) is 9.25. The van der Waals surface area contributed by atoms with Crippen LogP contribution in [0, 0.1) is 35.1 Å². The number of hydrogen-bond donors (Lipinski definition) is 0. The first-order valence-electron chi connectivity index (χ1n) is 11.6. The molecule has 1 saturated carbocycles. The second kappa shape index (κ2) is 10.6. The topological polar surface area (TPSA) is 34.1 Å². The van der Waals surface area contributed by atoms with Gasteiger partial charge in [0.25, 0.3) is 0 Å². The molecule has 1 aliphatic carbocycles. The Balaban J connectivity index is 1.70. The lowest BCUT2D eigenvalue weighted by Gasteiger charge is -2.51. The Hall–Kier alpha value is -3.10. The number of Topliss-reactive ketones (excluding diaryl/α,β-unsaturated/α-hetero) is 2. The molecule has 2 nitrogen and oxygen atoms in total. The van der Waals surface area contributed by atoms with Crippen LogP contribution in [0.5, 0.6) is 0 Å². The molecule has 4 atom stereocenters. The van der Waals surface area contributed by atoms with Gasteiger partial charge in [0.2, 0.25) is 0 Å². The fourth-order valence-electron chi connectivity index (χ4n) is 5.38. The lowest BCUT2D eigenvalue weighted by atomic mass is 9.49. The van der Waals surface area contributed by atoms with Crippen LogP contribution in [0.2, 0.25) is 0 Å². The van der Waals surface area contributed by atoms with Crippen molar-refractivity contribution in [2.24, 2.45) is 11.8 Å². The molecule has 0 spiro atoms. The SMILES string of the molecule is O=C(c1ccc(Br)cc1)[C@@H]1[C@H](C(=O)c2ccc(Br)cc2)[C@@H](c2cc(F)cc(F)c2)[C@H]1c1cc(F)cc(F)c1. The summed E-state index contributed by atoms with van der Waals surface area (Å²) in [5, 5.41) is 0. The molecule has 4 aromatic rings. The Labute approximate surface area is 233 Å². The molecule has 38 heavy (non-hydrogen) atoms. The van der Waals surface area contributed by atoms with Crippen molar-refractivity contribution in [2.45, 2.75) is 11.8 Å². The fourth-order valence-corrected chi connectivity index (χ4v) is 5.91. The minimum absolute atomic E-state index is 0.132. The second-order valence-corrected chi connectivity index (χ2v) is 11.1. The monoisotopic (exact) mass is 644 g/mol. The van der Waals surface area contributed by atoms with Crippen LogP contribution in [0.15, 0.2) is 93.9 Å². The number of carbonyl (C=O) groups excluding carboxylic acids is 2. The van der Waals surface area contributed by atoms with Crippen LogP contribution in [0.3, 0.4) is 0 Å². The molecule has 4 aromatic carbocycles. The van der Waals surface area contributed by atoms with Gasteiger partial charge in [-0.3, -0.25) is 9.59 Å². The molecular weight excluding hydrogens is 628 g/mol. The van der Waals surface area contributed by atoms with Gasteiger partial charge in [0.05, 0.1) is 0 Å². The van der Waals surface area contributed by atoms with Gasteiger partial charge in [0.15, 0.2) is 11.6 Å². The molecule has 0 aromatic heterocycles. The molecule has 1 fully saturated rings. The Morgan fingerprint density at radius 2 is 0.789 bits per heavy atom. The van der Waals surface area contributed by atoms with E-state index in [1.165, 1.54) is 0 Å². The van der Waals surface area contributed by atoms with Crippen molar-refractivity contribution in [3.05, 3.63) is 139 Å². The molecule has 0 unspecified atom stereocenters. The lowest BCUT2D eigenvalue weighted by molar-refractivity contribution is 0.0454. The summed E-state index contributed by atoms with van der Waals surface area (Å²) in [6.07, 6.45) is 0. The van der Waals surface area contributed by atoms with E-state index in [4.69, 9.17) is 0 Å². The smallest absolute Gasteiger partial charge is 0.167 e. The van der Waals surface area contributed by atoms with Gasteiger partial charge in [-0.25, -0.2) is 17.6 Å². The standard InChI is InChI=1S/C30H18Br2F4O2/c31-19-5-1-15(2-6-19)29(37)27-25(17-9-21(33)13-22(34)10-17)26(18-11-23(35)14-24(36)12-18)28(27)30(38)16-3-7-20(32)8-4-16/h1-14,25-28H/t25-,26+,27+,28-. The van der Waals surface area contributed by atoms with Gasteiger partial charge in [0.1, 0.15) is 23.3 Å². The van der Waals surface area contributed by atoms with E-state index < -0.39 is 58.5 Å². The third kappa shape index (κ3) is 5.12. The van der Waals surface area contributed by atoms with E-state index in [1.807, 2.05) is 0 Å². The molecular formula is C30H18Br2F4O2. The first kappa shape index (κ1) is 26.5. The number of halogens is 6.